The summed E-state index contributed by atoms with van der Waals surface area (Å²) in [7, 11) is 0. The number of hydrogen-bond acceptors (Lipinski definition) is 3. The number of hydrogen-bond donors (Lipinski definition) is 0. The third-order valence-electron chi connectivity index (χ3n) is 4.08. The van der Waals surface area contributed by atoms with Gasteiger partial charge in [0.05, 0.1) is 19.1 Å². The van der Waals surface area contributed by atoms with Crippen LogP contribution in [0.5, 0.6) is 0 Å². The lowest BCUT2D eigenvalue weighted by Crippen LogP contribution is -2.29. The molecule has 1 saturated heterocycles. The van der Waals surface area contributed by atoms with E-state index < -0.39 is 0 Å². The first-order valence-electron chi connectivity index (χ1n) is 7.64. The molecule has 0 aromatic carbocycles. The number of ketones is 1. The molecule has 3 heteroatoms. The molecule has 3 nitrogen and oxygen atoms in total. The minimum atomic E-state index is -0.250. The van der Waals surface area contributed by atoms with E-state index in [1.165, 1.54) is 38.5 Å². The van der Waals surface area contributed by atoms with E-state index in [4.69, 9.17) is 9.47 Å². The van der Waals surface area contributed by atoms with Gasteiger partial charge in [-0.25, -0.2) is 0 Å². The fourth-order valence-corrected chi connectivity index (χ4v) is 2.97. The second-order valence-corrected chi connectivity index (χ2v) is 5.55. The molecule has 18 heavy (non-hydrogen) atoms. The smallest absolute Gasteiger partial charge is 0.167 e. The molecular formula is C15H26O3. The van der Waals surface area contributed by atoms with Crippen LogP contribution in [0.2, 0.25) is 0 Å². The van der Waals surface area contributed by atoms with Crippen molar-refractivity contribution in [3.63, 3.8) is 0 Å². The van der Waals surface area contributed by atoms with Gasteiger partial charge in [-0.05, 0) is 12.8 Å². The Morgan fingerprint density at radius 1 is 0.778 bits per heavy atom. The Hall–Kier alpha value is -0.410. The molecule has 0 spiro atoms. The zero-order valence-corrected chi connectivity index (χ0v) is 11.4. The largest absolute Gasteiger partial charge is 0.349 e. The molecule has 0 amide bonds. The van der Waals surface area contributed by atoms with Crippen molar-refractivity contribution in [2.45, 2.75) is 70.5 Å². The van der Waals surface area contributed by atoms with E-state index in [9.17, 15) is 4.79 Å². The van der Waals surface area contributed by atoms with Gasteiger partial charge in [0.2, 0.25) is 0 Å². The summed E-state index contributed by atoms with van der Waals surface area (Å²) in [5.74, 6) is 0.356. The van der Waals surface area contributed by atoms with Crippen LogP contribution < -0.4 is 0 Å². The summed E-state index contributed by atoms with van der Waals surface area (Å²) in [5, 5.41) is 0. The summed E-state index contributed by atoms with van der Waals surface area (Å²) in [4.78, 5) is 12.3. The Morgan fingerprint density at radius 3 is 2.00 bits per heavy atom. The number of carbonyl (C=O) groups excluding carboxylic acids is 1. The van der Waals surface area contributed by atoms with Crippen LogP contribution in [0.3, 0.4) is 0 Å². The Labute approximate surface area is 110 Å². The van der Waals surface area contributed by atoms with Crippen molar-refractivity contribution in [1.82, 2.24) is 0 Å². The maximum Gasteiger partial charge on any atom is 0.167 e. The van der Waals surface area contributed by atoms with Crippen LogP contribution in [0.4, 0.5) is 0 Å². The molecule has 0 aromatic heterocycles. The van der Waals surface area contributed by atoms with Crippen molar-refractivity contribution in [2.75, 3.05) is 13.2 Å². The van der Waals surface area contributed by atoms with Crippen molar-refractivity contribution < 1.29 is 14.3 Å². The fourth-order valence-electron chi connectivity index (χ4n) is 2.97. The van der Waals surface area contributed by atoms with E-state index in [0.29, 0.717) is 25.4 Å². The van der Waals surface area contributed by atoms with Crippen LogP contribution in [0.15, 0.2) is 0 Å². The second kappa shape index (κ2) is 7.90. The summed E-state index contributed by atoms with van der Waals surface area (Å²) in [6.45, 7) is 1.29. The minimum absolute atomic E-state index is 0.00748. The van der Waals surface area contributed by atoms with Crippen LogP contribution in [0.1, 0.15) is 64.2 Å². The van der Waals surface area contributed by atoms with Crippen LogP contribution in [-0.2, 0) is 14.3 Å². The molecule has 1 aliphatic carbocycles. The molecule has 0 radical (unpaired) electrons. The average Bonchev–Trinajstić information content (AvgIpc) is 2.87. The monoisotopic (exact) mass is 254 g/mol. The Balaban J connectivity index is 1.87. The normalized spacial score (nSPS) is 29.8. The number of Topliss-reactive ketones (excluding diaryl/α,β-unsaturated/α-hetero) is 1. The molecule has 0 aromatic rings. The molecule has 1 heterocycles. The number of rotatable bonds is 1. The molecule has 2 rings (SSSR count). The predicted molar refractivity (Wildman–Crippen MR) is 70.4 cm³/mol. The van der Waals surface area contributed by atoms with Gasteiger partial charge in [0.25, 0.3) is 0 Å². The predicted octanol–water partition coefficient (Wildman–Crippen LogP) is 3.46. The van der Waals surface area contributed by atoms with Gasteiger partial charge in [-0.2, -0.15) is 0 Å². The van der Waals surface area contributed by atoms with Crippen LogP contribution in [0.25, 0.3) is 0 Å². The molecule has 104 valence electrons. The van der Waals surface area contributed by atoms with E-state index in [1.807, 2.05) is 0 Å². The fraction of sp³-hybridized carbons (Fsp3) is 0.933. The zero-order chi connectivity index (χ0) is 12.6. The van der Waals surface area contributed by atoms with E-state index in [0.717, 1.165) is 19.3 Å². The van der Waals surface area contributed by atoms with E-state index in [2.05, 4.69) is 0 Å². The van der Waals surface area contributed by atoms with Crippen molar-refractivity contribution in [3.8, 4) is 0 Å². The molecule has 1 saturated carbocycles. The van der Waals surface area contributed by atoms with Crippen molar-refractivity contribution in [3.05, 3.63) is 0 Å². The Morgan fingerprint density at radius 2 is 1.33 bits per heavy atom. The Bertz CT molecular complexity index is 246. The molecule has 1 aliphatic heterocycles. The Kier molecular flexibility index (Phi) is 6.15. The third-order valence-corrected chi connectivity index (χ3v) is 4.08. The van der Waals surface area contributed by atoms with Gasteiger partial charge in [-0.3, -0.25) is 4.79 Å². The van der Waals surface area contributed by atoms with E-state index >= 15 is 0 Å². The standard InChI is InChI=1S/C15H26O3/c16-14-10-8-6-4-2-1-3-5-7-9-13(14)15-17-11-12-18-15/h13,15H,1-12H2. The molecule has 1 unspecified atom stereocenters. The first-order valence-corrected chi connectivity index (χ1v) is 7.64. The number of ether oxygens (including phenoxy) is 2. The molecular weight excluding hydrogens is 228 g/mol. The van der Waals surface area contributed by atoms with Gasteiger partial charge in [-0.1, -0.05) is 44.9 Å². The summed E-state index contributed by atoms with van der Waals surface area (Å²) >= 11 is 0. The van der Waals surface area contributed by atoms with Gasteiger partial charge in [0, 0.05) is 6.42 Å². The van der Waals surface area contributed by atoms with Crippen LogP contribution >= 0.6 is 0 Å². The van der Waals surface area contributed by atoms with Crippen molar-refractivity contribution in [2.24, 2.45) is 5.92 Å². The third kappa shape index (κ3) is 4.36. The van der Waals surface area contributed by atoms with E-state index in [-0.39, 0.29) is 12.2 Å². The minimum Gasteiger partial charge on any atom is -0.349 e. The lowest BCUT2D eigenvalue weighted by molar-refractivity contribution is -0.140. The SMILES string of the molecule is O=C1CCCCCCCCCCC1C1OCCO1. The number of carbonyl (C=O) groups is 1. The summed E-state index contributed by atoms with van der Waals surface area (Å²) in [6.07, 6.45) is 11.3. The van der Waals surface area contributed by atoms with Gasteiger partial charge in [0.15, 0.2) is 6.29 Å². The average molecular weight is 254 g/mol. The highest BCUT2D eigenvalue weighted by Crippen LogP contribution is 2.25. The van der Waals surface area contributed by atoms with Crippen molar-refractivity contribution >= 4 is 5.78 Å². The lowest BCUT2D eigenvalue weighted by atomic mass is 9.91. The first kappa shape index (κ1) is 14.0. The van der Waals surface area contributed by atoms with Gasteiger partial charge >= 0.3 is 0 Å². The van der Waals surface area contributed by atoms with Crippen molar-refractivity contribution in [1.29, 1.82) is 0 Å². The van der Waals surface area contributed by atoms with Crippen LogP contribution in [0, 0.1) is 5.92 Å². The van der Waals surface area contributed by atoms with Gasteiger partial charge in [0.1, 0.15) is 5.78 Å². The van der Waals surface area contributed by atoms with Crippen LogP contribution in [-0.4, -0.2) is 25.3 Å². The first-order chi connectivity index (χ1) is 8.88. The second-order valence-electron chi connectivity index (χ2n) is 5.55. The highest BCUT2D eigenvalue weighted by atomic mass is 16.7. The zero-order valence-electron chi connectivity index (χ0n) is 11.4. The summed E-state index contributed by atoms with van der Waals surface area (Å²) < 4.78 is 11.1. The summed E-state index contributed by atoms with van der Waals surface area (Å²) in [6, 6.07) is 0. The van der Waals surface area contributed by atoms with Gasteiger partial charge in [-0.15, -0.1) is 0 Å². The lowest BCUT2D eigenvalue weighted by Gasteiger charge is -2.21. The quantitative estimate of drug-likeness (QED) is 0.719. The van der Waals surface area contributed by atoms with Gasteiger partial charge < -0.3 is 9.47 Å². The van der Waals surface area contributed by atoms with E-state index in [1.54, 1.807) is 0 Å². The maximum atomic E-state index is 12.3. The molecule has 0 bridgehead atoms. The molecule has 2 fully saturated rings. The highest BCUT2D eigenvalue weighted by Gasteiger charge is 2.31. The highest BCUT2D eigenvalue weighted by molar-refractivity contribution is 5.81. The topological polar surface area (TPSA) is 35.5 Å². The molecule has 0 N–H and O–H groups in total. The molecule has 2 aliphatic rings. The summed E-state index contributed by atoms with van der Waals surface area (Å²) in [5.41, 5.74) is 0. The molecule has 1 atom stereocenters. The maximum absolute atomic E-state index is 12.3.